The van der Waals surface area contributed by atoms with Gasteiger partial charge in [0.15, 0.2) is 4.74 Å². The van der Waals surface area contributed by atoms with Crippen LogP contribution in [0.5, 0.6) is 0 Å². The number of aromatic nitrogens is 1. The highest BCUT2D eigenvalue weighted by molar-refractivity contribution is 9.11. The summed E-state index contributed by atoms with van der Waals surface area (Å²) in [6.07, 6.45) is 2.98. The smallest absolute Gasteiger partial charge is 0.166 e. The molecule has 0 unspecified atom stereocenters. The van der Waals surface area contributed by atoms with Crippen molar-refractivity contribution in [1.29, 1.82) is 0 Å². The SMILES string of the molecule is Cc1ccccc1Nc1ccc(/C=C(\F)Br)cn1. The number of anilines is 2. The van der Waals surface area contributed by atoms with Crippen LogP contribution in [-0.4, -0.2) is 4.98 Å². The highest BCUT2D eigenvalue weighted by Gasteiger charge is 1.99. The van der Waals surface area contributed by atoms with Crippen molar-refractivity contribution >= 4 is 33.5 Å². The van der Waals surface area contributed by atoms with Gasteiger partial charge < -0.3 is 5.32 Å². The minimum Gasteiger partial charge on any atom is -0.340 e. The van der Waals surface area contributed by atoms with E-state index >= 15 is 0 Å². The summed E-state index contributed by atoms with van der Waals surface area (Å²) in [5.74, 6) is 0.733. The number of rotatable bonds is 3. The van der Waals surface area contributed by atoms with E-state index in [4.69, 9.17) is 0 Å². The maximum atomic E-state index is 12.6. The van der Waals surface area contributed by atoms with Crippen LogP contribution in [0.1, 0.15) is 11.1 Å². The fourth-order valence-corrected chi connectivity index (χ4v) is 1.81. The number of halogens is 2. The predicted octanol–water partition coefficient (Wildman–Crippen LogP) is 4.80. The fraction of sp³-hybridized carbons (Fsp3) is 0.0714. The molecular weight excluding hydrogens is 295 g/mol. The second-order valence-electron chi connectivity index (χ2n) is 3.85. The highest BCUT2D eigenvalue weighted by Crippen LogP contribution is 2.19. The van der Waals surface area contributed by atoms with Gasteiger partial charge >= 0.3 is 0 Å². The Morgan fingerprint density at radius 3 is 2.67 bits per heavy atom. The summed E-state index contributed by atoms with van der Waals surface area (Å²) >= 11 is 2.74. The first-order valence-corrected chi connectivity index (χ1v) is 6.26. The van der Waals surface area contributed by atoms with Crippen molar-refractivity contribution in [2.45, 2.75) is 6.92 Å². The molecule has 0 amide bonds. The van der Waals surface area contributed by atoms with Crippen molar-refractivity contribution in [3.05, 3.63) is 58.5 Å². The van der Waals surface area contributed by atoms with Crippen molar-refractivity contribution in [3.63, 3.8) is 0 Å². The van der Waals surface area contributed by atoms with Crippen LogP contribution < -0.4 is 5.32 Å². The lowest BCUT2D eigenvalue weighted by Crippen LogP contribution is -1.95. The number of hydrogen-bond donors (Lipinski definition) is 1. The molecule has 0 saturated heterocycles. The molecule has 0 aliphatic rings. The molecule has 92 valence electrons. The first-order chi connectivity index (χ1) is 8.65. The third-order valence-corrected chi connectivity index (χ3v) is 2.70. The summed E-state index contributed by atoms with van der Waals surface area (Å²) in [4.78, 5) is 4.22. The molecule has 1 aromatic heterocycles. The maximum absolute atomic E-state index is 12.6. The first-order valence-electron chi connectivity index (χ1n) is 5.46. The summed E-state index contributed by atoms with van der Waals surface area (Å²) in [5.41, 5.74) is 2.87. The van der Waals surface area contributed by atoms with Crippen molar-refractivity contribution in [3.8, 4) is 0 Å². The van der Waals surface area contributed by atoms with E-state index in [1.165, 1.54) is 6.08 Å². The molecule has 1 heterocycles. The Bertz CT molecular complexity index is 560. The maximum Gasteiger partial charge on any atom is 0.166 e. The molecule has 18 heavy (non-hydrogen) atoms. The molecule has 0 aliphatic carbocycles. The largest absolute Gasteiger partial charge is 0.340 e. The number of nitrogens with one attached hydrogen (secondary N) is 1. The molecule has 0 radical (unpaired) electrons. The van der Waals surface area contributed by atoms with Crippen LogP contribution in [0.15, 0.2) is 47.3 Å². The number of hydrogen-bond acceptors (Lipinski definition) is 2. The Kier molecular flexibility index (Phi) is 4.10. The average molecular weight is 307 g/mol. The van der Waals surface area contributed by atoms with E-state index in [9.17, 15) is 4.39 Å². The van der Waals surface area contributed by atoms with Crippen LogP contribution in [0.2, 0.25) is 0 Å². The quantitative estimate of drug-likeness (QED) is 0.881. The summed E-state index contributed by atoms with van der Waals surface area (Å²) in [7, 11) is 0. The van der Waals surface area contributed by atoms with Gasteiger partial charge in [-0.1, -0.05) is 18.2 Å². The van der Waals surface area contributed by atoms with E-state index in [0.717, 1.165) is 17.1 Å². The van der Waals surface area contributed by atoms with E-state index in [-0.39, 0.29) is 0 Å². The standard InChI is InChI=1S/C14H12BrFN2/c1-10-4-2-3-5-12(10)18-14-7-6-11(9-17-14)8-13(15)16/h2-9H,1H3,(H,17,18)/b13-8-. The van der Waals surface area contributed by atoms with Crippen LogP contribution in [0.3, 0.4) is 0 Å². The molecule has 2 rings (SSSR count). The van der Waals surface area contributed by atoms with E-state index in [1.807, 2.05) is 37.3 Å². The summed E-state index contributed by atoms with van der Waals surface area (Å²) in [6, 6.07) is 11.6. The molecule has 0 spiro atoms. The third-order valence-electron chi connectivity index (χ3n) is 2.47. The lowest BCUT2D eigenvalue weighted by molar-refractivity contribution is 0.711. The van der Waals surface area contributed by atoms with Crippen molar-refractivity contribution in [1.82, 2.24) is 4.98 Å². The van der Waals surface area contributed by atoms with E-state index in [2.05, 4.69) is 26.2 Å². The first kappa shape index (κ1) is 12.8. The molecule has 0 atom stereocenters. The molecule has 0 fully saturated rings. The van der Waals surface area contributed by atoms with Crippen LogP contribution in [0.25, 0.3) is 6.08 Å². The molecule has 0 saturated carbocycles. The summed E-state index contributed by atoms with van der Waals surface area (Å²) < 4.78 is 12.2. The van der Waals surface area contributed by atoms with Gasteiger partial charge in [-0.05, 0) is 58.3 Å². The Morgan fingerprint density at radius 1 is 1.28 bits per heavy atom. The van der Waals surface area contributed by atoms with Crippen molar-refractivity contribution in [2.24, 2.45) is 0 Å². The van der Waals surface area contributed by atoms with Gasteiger partial charge in [0.25, 0.3) is 0 Å². The van der Waals surface area contributed by atoms with Gasteiger partial charge in [0, 0.05) is 11.9 Å². The van der Waals surface area contributed by atoms with Crippen LogP contribution in [0.4, 0.5) is 15.9 Å². The van der Waals surface area contributed by atoms with Gasteiger partial charge in [0.1, 0.15) is 5.82 Å². The van der Waals surface area contributed by atoms with Crippen molar-refractivity contribution < 1.29 is 4.39 Å². The zero-order valence-electron chi connectivity index (χ0n) is 9.82. The van der Waals surface area contributed by atoms with Crippen LogP contribution in [0, 0.1) is 6.92 Å². The second-order valence-corrected chi connectivity index (χ2v) is 4.61. The molecular formula is C14H12BrFN2. The second kappa shape index (κ2) is 5.78. The zero-order valence-corrected chi connectivity index (χ0v) is 11.4. The lowest BCUT2D eigenvalue weighted by atomic mass is 10.2. The Hall–Kier alpha value is -1.68. The van der Waals surface area contributed by atoms with Crippen LogP contribution in [-0.2, 0) is 0 Å². The zero-order chi connectivity index (χ0) is 13.0. The van der Waals surface area contributed by atoms with Gasteiger partial charge in [-0.15, -0.1) is 0 Å². The van der Waals surface area contributed by atoms with Gasteiger partial charge in [-0.25, -0.2) is 4.98 Å². The van der Waals surface area contributed by atoms with E-state index in [1.54, 1.807) is 12.3 Å². The number of para-hydroxylation sites is 1. The molecule has 1 aromatic carbocycles. The number of benzene rings is 1. The molecule has 0 bridgehead atoms. The summed E-state index contributed by atoms with van der Waals surface area (Å²) in [5, 5.41) is 3.22. The monoisotopic (exact) mass is 306 g/mol. The van der Waals surface area contributed by atoms with Gasteiger partial charge in [-0.2, -0.15) is 4.39 Å². The van der Waals surface area contributed by atoms with E-state index < -0.39 is 4.74 Å². The lowest BCUT2D eigenvalue weighted by Gasteiger charge is -2.08. The topological polar surface area (TPSA) is 24.9 Å². The van der Waals surface area contributed by atoms with Gasteiger partial charge in [-0.3, -0.25) is 0 Å². The third kappa shape index (κ3) is 3.40. The minimum atomic E-state index is -0.413. The van der Waals surface area contributed by atoms with Crippen LogP contribution >= 0.6 is 15.9 Å². The van der Waals surface area contributed by atoms with E-state index in [0.29, 0.717) is 5.56 Å². The molecule has 2 nitrogen and oxygen atoms in total. The highest BCUT2D eigenvalue weighted by atomic mass is 79.9. The number of pyridine rings is 1. The Labute approximate surface area is 114 Å². The van der Waals surface area contributed by atoms with Gasteiger partial charge in [0.2, 0.25) is 0 Å². The number of nitrogens with zero attached hydrogens (tertiary/aromatic N) is 1. The van der Waals surface area contributed by atoms with Crippen molar-refractivity contribution in [2.75, 3.05) is 5.32 Å². The minimum absolute atomic E-state index is 0.413. The van der Waals surface area contributed by atoms with Gasteiger partial charge in [0.05, 0.1) is 0 Å². The average Bonchev–Trinajstić information content (AvgIpc) is 2.34. The molecule has 1 N–H and O–H groups in total. The predicted molar refractivity (Wildman–Crippen MR) is 76.7 cm³/mol. The Balaban J connectivity index is 2.16. The molecule has 4 heteroatoms. The molecule has 2 aromatic rings. The Morgan fingerprint density at radius 2 is 2.06 bits per heavy atom. The fourth-order valence-electron chi connectivity index (χ4n) is 1.54. The summed E-state index contributed by atoms with van der Waals surface area (Å²) in [6.45, 7) is 2.03. The normalized spacial score (nSPS) is 11.4. The number of aryl methyl sites for hydroxylation is 1. The molecule has 0 aliphatic heterocycles.